The topological polar surface area (TPSA) is 21.3 Å². The van der Waals surface area contributed by atoms with Gasteiger partial charge in [-0.1, -0.05) is 24.3 Å². The van der Waals surface area contributed by atoms with E-state index in [1.54, 1.807) is 6.07 Å². The van der Waals surface area contributed by atoms with Crippen molar-refractivity contribution in [2.24, 2.45) is 0 Å². The van der Waals surface area contributed by atoms with Crippen molar-refractivity contribution in [3.05, 3.63) is 53.8 Å². The van der Waals surface area contributed by atoms with Gasteiger partial charge in [-0.3, -0.25) is 0 Å². The Morgan fingerprint density at radius 2 is 1.95 bits per heavy atom. The molecule has 1 aliphatic carbocycles. The minimum absolute atomic E-state index is 0.194. The van der Waals surface area contributed by atoms with E-state index in [2.05, 4.69) is 5.32 Å². The SMILES string of the molecule is CCOc1ccccc1-c1ccc(F)cc1CNC1CC1. The third-order valence-corrected chi connectivity index (χ3v) is 3.70. The van der Waals surface area contributed by atoms with Gasteiger partial charge in [-0.25, -0.2) is 4.39 Å². The molecule has 0 saturated heterocycles. The number of hydrogen-bond donors (Lipinski definition) is 1. The number of hydrogen-bond acceptors (Lipinski definition) is 2. The lowest BCUT2D eigenvalue weighted by molar-refractivity contribution is 0.341. The first-order valence-corrected chi connectivity index (χ1v) is 7.52. The zero-order valence-corrected chi connectivity index (χ0v) is 12.2. The summed E-state index contributed by atoms with van der Waals surface area (Å²) >= 11 is 0. The molecule has 1 aliphatic rings. The summed E-state index contributed by atoms with van der Waals surface area (Å²) in [6.45, 7) is 3.28. The van der Waals surface area contributed by atoms with Gasteiger partial charge in [-0.2, -0.15) is 0 Å². The van der Waals surface area contributed by atoms with Crippen LogP contribution in [0.4, 0.5) is 4.39 Å². The Morgan fingerprint density at radius 1 is 1.14 bits per heavy atom. The van der Waals surface area contributed by atoms with Crippen molar-refractivity contribution in [3.63, 3.8) is 0 Å². The molecule has 0 unspecified atom stereocenters. The molecule has 2 nitrogen and oxygen atoms in total. The molecule has 0 radical (unpaired) electrons. The third-order valence-electron chi connectivity index (χ3n) is 3.70. The Morgan fingerprint density at radius 3 is 2.71 bits per heavy atom. The summed E-state index contributed by atoms with van der Waals surface area (Å²) in [5.41, 5.74) is 3.04. The van der Waals surface area contributed by atoms with Gasteiger partial charge in [0.15, 0.2) is 0 Å². The lowest BCUT2D eigenvalue weighted by atomic mass is 9.98. The molecule has 0 amide bonds. The molecule has 0 heterocycles. The lowest BCUT2D eigenvalue weighted by Gasteiger charge is -2.14. The van der Waals surface area contributed by atoms with Crippen LogP contribution < -0.4 is 10.1 Å². The Hall–Kier alpha value is -1.87. The maximum atomic E-state index is 13.6. The third kappa shape index (κ3) is 3.42. The zero-order valence-electron chi connectivity index (χ0n) is 12.2. The van der Waals surface area contributed by atoms with Crippen LogP contribution in [0.5, 0.6) is 5.75 Å². The number of rotatable bonds is 6. The van der Waals surface area contributed by atoms with Crippen molar-refractivity contribution in [2.45, 2.75) is 32.4 Å². The number of para-hydroxylation sites is 1. The maximum absolute atomic E-state index is 13.6. The monoisotopic (exact) mass is 285 g/mol. The quantitative estimate of drug-likeness (QED) is 0.861. The molecule has 0 atom stereocenters. The van der Waals surface area contributed by atoms with Gasteiger partial charge in [0.25, 0.3) is 0 Å². The first-order chi connectivity index (χ1) is 10.3. The van der Waals surface area contributed by atoms with Crippen LogP contribution in [0.15, 0.2) is 42.5 Å². The van der Waals surface area contributed by atoms with Crippen LogP contribution in [0.3, 0.4) is 0 Å². The summed E-state index contributed by atoms with van der Waals surface area (Å²) in [4.78, 5) is 0. The van der Waals surface area contributed by atoms with Gasteiger partial charge >= 0.3 is 0 Å². The molecule has 1 saturated carbocycles. The van der Waals surface area contributed by atoms with Crippen molar-refractivity contribution in [2.75, 3.05) is 6.61 Å². The van der Waals surface area contributed by atoms with Crippen molar-refractivity contribution >= 4 is 0 Å². The highest BCUT2D eigenvalue weighted by Crippen LogP contribution is 2.33. The van der Waals surface area contributed by atoms with Crippen LogP contribution in [0.1, 0.15) is 25.3 Å². The van der Waals surface area contributed by atoms with E-state index in [4.69, 9.17) is 4.74 Å². The van der Waals surface area contributed by atoms with E-state index in [9.17, 15) is 4.39 Å². The van der Waals surface area contributed by atoms with Crippen LogP contribution in [0.25, 0.3) is 11.1 Å². The molecule has 1 fully saturated rings. The molecule has 2 aromatic rings. The second kappa shape index (κ2) is 6.27. The summed E-state index contributed by atoms with van der Waals surface area (Å²) in [5, 5.41) is 3.45. The molecule has 1 N–H and O–H groups in total. The predicted molar refractivity (Wildman–Crippen MR) is 82.9 cm³/mol. The number of nitrogens with one attached hydrogen (secondary N) is 1. The number of halogens is 1. The minimum atomic E-state index is -0.194. The molecule has 110 valence electrons. The Kier molecular flexibility index (Phi) is 4.20. The van der Waals surface area contributed by atoms with Gasteiger partial charge in [-0.15, -0.1) is 0 Å². The molecule has 0 aliphatic heterocycles. The molecule has 3 rings (SSSR count). The Labute approximate surface area is 125 Å². The number of benzene rings is 2. The fraction of sp³-hybridized carbons (Fsp3) is 0.333. The summed E-state index contributed by atoms with van der Waals surface area (Å²) in [6.07, 6.45) is 2.44. The molecular weight excluding hydrogens is 265 g/mol. The van der Waals surface area contributed by atoms with Crippen molar-refractivity contribution in [3.8, 4) is 16.9 Å². The molecule has 21 heavy (non-hydrogen) atoms. The van der Waals surface area contributed by atoms with Crippen molar-refractivity contribution in [1.29, 1.82) is 0 Å². The summed E-state index contributed by atoms with van der Waals surface area (Å²) in [6, 6.07) is 13.5. The van der Waals surface area contributed by atoms with E-state index in [1.807, 2.05) is 37.3 Å². The lowest BCUT2D eigenvalue weighted by Crippen LogP contribution is -2.16. The van der Waals surface area contributed by atoms with Gasteiger partial charge in [0.05, 0.1) is 6.61 Å². The highest BCUT2D eigenvalue weighted by molar-refractivity contribution is 5.73. The smallest absolute Gasteiger partial charge is 0.127 e. The summed E-state index contributed by atoms with van der Waals surface area (Å²) in [5.74, 6) is 0.652. The fourth-order valence-electron chi connectivity index (χ4n) is 2.48. The van der Waals surface area contributed by atoms with E-state index in [0.717, 1.165) is 22.4 Å². The van der Waals surface area contributed by atoms with Crippen molar-refractivity contribution in [1.82, 2.24) is 5.32 Å². The minimum Gasteiger partial charge on any atom is -0.493 e. The van der Waals surface area contributed by atoms with E-state index in [-0.39, 0.29) is 5.82 Å². The van der Waals surface area contributed by atoms with E-state index >= 15 is 0 Å². The molecule has 0 aromatic heterocycles. The van der Waals surface area contributed by atoms with Gasteiger partial charge in [0.1, 0.15) is 11.6 Å². The Balaban J connectivity index is 1.96. The standard InChI is InChI=1S/C18H20FNO/c1-2-21-18-6-4-3-5-17(18)16-10-7-14(19)11-13(16)12-20-15-8-9-15/h3-7,10-11,15,20H,2,8-9,12H2,1H3. The largest absolute Gasteiger partial charge is 0.493 e. The van der Waals surface area contributed by atoms with Gasteiger partial charge in [-0.05, 0) is 49.1 Å². The highest BCUT2D eigenvalue weighted by Gasteiger charge is 2.21. The highest BCUT2D eigenvalue weighted by atomic mass is 19.1. The Bertz CT molecular complexity index is 622. The van der Waals surface area contributed by atoms with E-state index in [1.165, 1.54) is 18.9 Å². The van der Waals surface area contributed by atoms with Crippen LogP contribution >= 0.6 is 0 Å². The van der Waals surface area contributed by atoms with Gasteiger partial charge < -0.3 is 10.1 Å². The molecule has 2 aromatic carbocycles. The first-order valence-electron chi connectivity index (χ1n) is 7.52. The van der Waals surface area contributed by atoms with Gasteiger partial charge in [0, 0.05) is 18.2 Å². The first kappa shape index (κ1) is 14.1. The maximum Gasteiger partial charge on any atom is 0.127 e. The fourth-order valence-corrected chi connectivity index (χ4v) is 2.48. The molecule has 3 heteroatoms. The zero-order chi connectivity index (χ0) is 14.7. The number of ether oxygens (including phenoxy) is 1. The van der Waals surface area contributed by atoms with Crippen LogP contribution in [0, 0.1) is 5.82 Å². The second-order valence-electron chi connectivity index (χ2n) is 5.39. The molecular formula is C18H20FNO. The molecule has 0 spiro atoms. The van der Waals surface area contributed by atoms with Crippen LogP contribution in [-0.2, 0) is 6.54 Å². The molecule has 0 bridgehead atoms. The van der Waals surface area contributed by atoms with Crippen molar-refractivity contribution < 1.29 is 9.13 Å². The van der Waals surface area contributed by atoms with Gasteiger partial charge in [0.2, 0.25) is 0 Å². The predicted octanol–water partition coefficient (Wildman–Crippen LogP) is 4.14. The van der Waals surface area contributed by atoms with Crippen LogP contribution in [-0.4, -0.2) is 12.6 Å². The average Bonchev–Trinajstić information content (AvgIpc) is 3.31. The van der Waals surface area contributed by atoms with E-state index < -0.39 is 0 Å². The summed E-state index contributed by atoms with van der Waals surface area (Å²) < 4.78 is 19.3. The van der Waals surface area contributed by atoms with Crippen LogP contribution in [0.2, 0.25) is 0 Å². The normalized spacial score (nSPS) is 14.2. The van der Waals surface area contributed by atoms with E-state index in [0.29, 0.717) is 19.2 Å². The average molecular weight is 285 g/mol. The summed E-state index contributed by atoms with van der Waals surface area (Å²) in [7, 11) is 0. The second-order valence-corrected chi connectivity index (χ2v) is 5.39.